The normalized spacial score (nSPS) is 20.3. The minimum atomic E-state index is -3.85. The lowest BCUT2D eigenvalue weighted by Gasteiger charge is -2.40. The molecule has 0 saturated carbocycles. The summed E-state index contributed by atoms with van der Waals surface area (Å²) in [6, 6.07) is 13.5. The predicted octanol–water partition coefficient (Wildman–Crippen LogP) is 5.13. The number of rotatable bonds is 12. The van der Waals surface area contributed by atoms with Crippen molar-refractivity contribution < 1.29 is 40.7 Å². The Kier molecular flexibility index (Phi) is 12.1. The van der Waals surface area contributed by atoms with Crippen LogP contribution in [0.5, 0.6) is 0 Å². The largest absolute Gasteiger partial charge is 0.453 e. The summed E-state index contributed by atoms with van der Waals surface area (Å²) in [6.45, 7) is 3.39. The number of piperazine rings is 1. The van der Waals surface area contributed by atoms with Gasteiger partial charge in [-0.25, -0.2) is 26.4 Å². The van der Waals surface area contributed by atoms with Crippen LogP contribution in [-0.4, -0.2) is 76.1 Å². The van der Waals surface area contributed by atoms with Crippen molar-refractivity contribution in [3.8, 4) is 0 Å². The maximum Gasteiger partial charge on any atom is 0.407 e. The molecule has 2 aliphatic rings. The zero-order chi connectivity index (χ0) is 35.1. The van der Waals surface area contributed by atoms with Crippen molar-refractivity contribution in [2.75, 3.05) is 33.4 Å². The summed E-state index contributed by atoms with van der Waals surface area (Å²) in [7, 11) is -2.70. The number of carbonyl (C=O) groups is 2. The molecule has 5 rings (SSSR count). The second-order valence-electron chi connectivity index (χ2n) is 12.7. The van der Waals surface area contributed by atoms with E-state index in [2.05, 4.69) is 10.6 Å². The van der Waals surface area contributed by atoms with Gasteiger partial charge in [0.2, 0.25) is 10.0 Å². The Morgan fingerprint density at radius 2 is 1.69 bits per heavy atom. The van der Waals surface area contributed by atoms with Crippen LogP contribution in [0.25, 0.3) is 0 Å². The summed E-state index contributed by atoms with van der Waals surface area (Å²) >= 11 is 0. The average molecular weight is 702 g/mol. The summed E-state index contributed by atoms with van der Waals surface area (Å²) in [5.74, 6) is -3.79. The predicted molar refractivity (Wildman–Crippen MR) is 177 cm³/mol. The third kappa shape index (κ3) is 8.69. The van der Waals surface area contributed by atoms with Gasteiger partial charge in [0.05, 0.1) is 18.0 Å². The van der Waals surface area contributed by atoms with Gasteiger partial charge in [0.25, 0.3) is 0 Å². The number of methoxy groups -OCH3 is 1. The molecular weight excluding hydrogens is 659 g/mol. The number of benzene rings is 3. The smallest absolute Gasteiger partial charge is 0.407 e. The van der Waals surface area contributed by atoms with Gasteiger partial charge in [-0.3, -0.25) is 4.79 Å². The number of nitrogens with one attached hydrogen (secondary N) is 2. The van der Waals surface area contributed by atoms with Gasteiger partial charge in [-0.2, -0.15) is 4.31 Å². The van der Waals surface area contributed by atoms with Gasteiger partial charge >= 0.3 is 6.09 Å². The quantitative estimate of drug-likeness (QED) is 0.269. The maximum atomic E-state index is 15.6. The molecule has 0 spiro atoms. The lowest BCUT2D eigenvalue weighted by molar-refractivity contribution is -0.121. The number of ketones is 1. The van der Waals surface area contributed by atoms with Gasteiger partial charge in [0.1, 0.15) is 17.5 Å². The molecule has 0 bridgehead atoms. The van der Waals surface area contributed by atoms with Crippen molar-refractivity contribution in [1.82, 2.24) is 14.9 Å². The highest BCUT2D eigenvalue weighted by Crippen LogP contribution is 2.37. The van der Waals surface area contributed by atoms with E-state index in [1.807, 2.05) is 6.92 Å². The van der Waals surface area contributed by atoms with E-state index in [4.69, 9.17) is 9.47 Å². The van der Waals surface area contributed by atoms with Crippen LogP contribution in [-0.2, 0) is 37.1 Å². The van der Waals surface area contributed by atoms with E-state index >= 15 is 4.39 Å². The number of amides is 1. The molecule has 0 aliphatic carbocycles. The van der Waals surface area contributed by atoms with Crippen LogP contribution >= 0.6 is 0 Å². The first-order valence-corrected chi connectivity index (χ1v) is 17.9. The number of hydrogen-bond acceptors (Lipinski definition) is 7. The molecular formula is C36H42F3N3O6S. The van der Waals surface area contributed by atoms with Gasteiger partial charge in [-0.15, -0.1) is 0 Å². The van der Waals surface area contributed by atoms with Crippen LogP contribution in [0.4, 0.5) is 18.0 Å². The fourth-order valence-corrected chi connectivity index (χ4v) is 9.03. The zero-order valence-electron chi connectivity index (χ0n) is 27.5. The molecule has 3 aromatic rings. The monoisotopic (exact) mass is 701 g/mol. The number of nitrogens with zero attached hydrogens (tertiary/aromatic N) is 1. The summed E-state index contributed by atoms with van der Waals surface area (Å²) in [6.07, 6.45) is 0.162. The van der Waals surface area contributed by atoms with Crippen molar-refractivity contribution in [2.24, 2.45) is 5.92 Å². The SMILES string of the molecule is COC(=O)N[C@H](C(=O)Cc1cccc(F)c1CC[C@H]1CNC[C@H](C)N1S(=O)(=O)c1ccccc1)[C@@H](c1cc(F)cc(F)c1)C1CCOCC1. The topological polar surface area (TPSA) is 114 Å². The molecule has 2 N–H and O–H groups in total. The van der Waals surface area contributed by atoms with E-state index in [0.717, 1.165) is 25.3 Å². The standard InChI is InChI=1S/C36H42F3N3O6S/c1-23-21-40-22-29(42(23)49(45,46)30-8-4-3-5-9-30)11-12-31-25(7-6-10-32(31)39)19-33(43)35(41-36(44)47-2)34(24-13-15-48-16-14-24)26-17-27(37)20-28(38)18-26/h3-10,17-18,20,23-24,29,34-35,40H,11-16,19,21-22H2,1-2H3,(H,41,44)/t23-,29-,34+,35+/m0/s1. The second kappa shape index (κ2) is 16.3. The number of hydrogen-bond donors (Lipinski definition) is 2. The van der Waals surface area contributed by atoms with Gasteiger partial charge in [-0.1, -0.05) is 30.3 Å². The van der Waals surface area contributed by atoms with Crippen molar-refractivity contribution in [3.05, 3.63) is 101 Å². The first-order chi connectivity index (χ1) is 23.5. The summed E-state index contributed by atoms with van der Waals surface area (Å²) in [5.41, 5.74) is 0.826. The Morgan fingerprint density at radius 1 is 1.00 bits per heavy atom. The van der Waals surface area contributed by atoms with E-state index < -0.39 is 57.4 Å². The lowest BCUT2D eigenvalue weighted by Crippen LogP contribution is -2.58. The number of sulfonamides is 1. The van der Waals surface area contributed by atoms with Crippen LogP contribution in [0, 0.1) is 23.4 Å². The van der Waals surface area contributed by atoms with Gasteiger partial charge in [0.15, 0.2) is 5.78 Å². The molecule has 1 amide bonds. The fourth-order valence-electron chi connectivity index (χ4n) is 7.17. The minimum Gasteiger partial charge on any atom is -0.453 e. The van der Waals surface area contributed by atoms with Crippen LogP contribution < -0.4 is 10.6 Å². The molecule has 0 aromatic heterocycles. The molecule has 3 aromatic carbocycles. The first-order valence-electron chi connectivity index (χ1n) is 16.5. The number of carbonyl (C=O) groups excluding carboxylic acids is 2. The maximum absolute atomic E-state index is 15.6. The van der Waals surface area contributed by atoms with Crippen LogP contribution in [0.15, 0.2) is 71.6 Å². The Morgan fingerprint density at radius 3 is 2.37 bits per heavy atom. The molecule has 4 atom stereocenters. The summed E-state index contributed by atoms with van der Waals surface area (Å²) in [5, 5.41) is 5.88. The molecule has 2 aliphatic heterocycles. The van der Waals surface area contributed by atoms with Crippen molar-refractivity contribution in [2.45, 2.75) is 68.0 Å². The zero-order valence-corrected chi connectivity index (χ0v) is 28.4. The molecule has 9 nitrogen and oxygen atoms in total. The molecule has 13 heteroatoms. The highest BCUT2D eigenvalue weighted by molar-refractivity contribution is 7.89. The highest BCUT2D eigenvalue weighted by Gasteiger charge is 2.40. The summed E-state index contributed by atoms with van der Waals surface area (Å²) < 4.78 is 83.8. The minimum absolute atomic E-state index is 0.128. The second-order valence-corrected chi connectivity index (χ2v) is 14.5. The van der Waals surface area contributed by atoms with E-state index in [0.29, 0.717) is 44.7 Å². The highest BCUT2D eigenvalue weighted by atomic mass is 32.2. The number of halogens is 3. The van der Waals surface area contributed by atoms with E-state index in [9.17, 15) is 26.8 Å². The summed E-state index contributed by atoms with van der Waals surface area (Å²) in [4.78, 5) is 27.0. The van der Waals surface area contributed by atoms with Gasteiger partial charge in [0, 0.05) is 56.8 Å². The third-order valence-electron chi connectivity index (χ3n) is 9.45. The fraction of sp³-hybridized carbons (Fsp3) is 0.444. The third-order valence-corrected chi connectivity index (χ3v) is 11.5. The van der Waals surface area contributed by atoms with E-state index in [1.54, 1.807) is 36.4 Å². The number of Topliss-reactive ketones (excluding diaryl/α,β-unsaturated/α-hetero) is 1. The molecule has 264 valence electrons. The molecule has 2 heterocycles. The van der Waals surface area contributed by atoms with E-state index in [1.165, 1.54) is 16.4 Å². The van der Waals surface area contributed by atoms with Crippen LogP contribution in [0.1, 0.15) is 48.8 Å². The lowest BCUT2D eigenvalue weighted by atomic mass is 9.74. The molecule has 49 heavy (non-hydrogen) atoms. The Hall–Kier alpha value is -3.78. The first kappa shape index (κ1) is 36.5. The molecule has 0 unspecified atom stereocenters. The number of ether oxygens (including phenoxy) is 2. The Bertz CT molecular complexity index is 1700. The molecule has 2 fully saturated rings. The van der Waals surface area contributed by atoms with Crippen molar-refractivity contribution in [1.29, 1.82) is 0 Å². The van der Waals surface area contributed by atoms with E-state index in [-0.39, 0.29) is 47.2 Å². The van der Waals surface area contributed by atoms with Crippen molar-refractivity contribution >= 4 is 21.9 Å². The number of alkyl carbamates (subject to hydrolysis) is 1. The Labute approximate surface area is 285 Å². The molecule has 0 radical (unpaired) electrons. The Balaban J connectivity index is 1.44. The van der Waals surface area contributed by atoms with Crippen LogP contribution in [0.2, 0.25) is 0 Å². The van der Waals surface area contributed by atoms with Gasteiger partial charge in [-0.05, 0) is 85.5 Å². The van der Waals surface area contributed by atoms with Crippen LogP contribution in [0.3, 0.4) is 0 Å². The average Bonchev–Trinajstić information content (AvgIpc) is 3.08. The molecule has 2 saturated heterocycles. The van der Waals surface area contributed by atoms with Gasteiger partial charge < -0.3 is 20.1 Å². The van der Waals surface area contributed by atoms with Crippen molar-refractivity contribution in [3.63, 3.8) is 0 Å².